The van der Waals surface area contributed by atoms with Gasteiger partial charge in [-0.15, -0.1) is 0 Å². The first-order valence-corrected chi connectivity index (χ1v) is 5.77. The number of para-hydroxylation sites is 1. The number of aryl methyl sites for hydroxylation is 1. The van der Waals surface area contributed by atoms with Gasteiger partial charge in [-0.05, 0) is 38.1 Å². The lowest BCUT2D eigenvalue weighted by molar-refractivity contribution is 0.0945. The molecular weight excluding hydrogens is 216 g/mol. The summed E-state index contributed by atoms with van der Waals surface area (Å²) in [6.07, 6.45) is 0. The van der Waals surface area contributed by atoms with E-state index in [4.69, 9.17) is 0 Å². The Balaban J connectivity index is 2.61. The molecule has 4 heteroatoms. The van der Waals surface area contributed by atoms with Crippen molar-refractivity contribution < 1.29 is 9.90 Å². The largest absolute Gasteiger partial charge is 0.507 e. The van der Waals surface area contributed by atoms with E-state index in [0.29, 0.717) is 23.6 Å². The second-order valence-corrected chi connectivity index (χ2v) is 4.34. The summed E-state index contributed by atoms with van der Waals surface area (Å²) < 4.78 is 0. The first kappa shape index (κ1) is 13.5. The fourth-order valence-corrected chi connectivity index (χ4v) is 1.62. The summed E-state index contributed by atoms with van der Waals surface area (Å²) in [4.78, 5) is 11.8. The Hall–Kier alpha value is -1.55. The van der Waals surface area contributed by atoms with Crippen molar-refractivity contribution in [1.29, 1.82) is 0 Å². The first-order chi connectivity index (χ1) is 8.06. The van der Waals surface area contributed by atoms with Gasteiger partial charge in [0, 0.05) is 6.54 Å². The van der Waals surface area contributed by atoms with Gasteiger partial charge in [0.1, 0.15) is 5.75 Å². The smallest absolute Gasteiger partial charge is 0.255 e. The van der Waals surface area contributed by atoms with Crippen molar-refractivity contribution in [2.24, 2.45) is 5.92 Å². The highest BCUT2D eigenvalue weighted by molar-refractivity contribution is 5.97. The summed E-state index contributed by atoms with van der Waals surface area (Å²) in [5.41, 5.74) is 1.04. The average molecular weight is 236 g/mol. The van der Waals surface area contributed by atoms with Crippen molar-refractivity contribution in [3.63, 3.8) is 0 Å². The Morgan fingerprint density at radius 3 is 2.76 bits per heavy atom. The molecule has 0 aliphatic rings. The topological polar surface area (TPSA) is 61.4 Å². The molecule has 0 aromatic heterocycles. The third-order valence-electron chi connectivity index (χ3n) is 2.65. The summed E-state index contributed by atoms with van der Waals surface area (Å²) in [5, 5.41) is 15.6. The summed E-state index contributed by atoms with van der Waals surface area (Å²) >= 11 is 0. The molecule has 17 heavy (non-hydrogen) atoms. The zero-order valence-corrected chi connectivity index (χ0v) is 10.6. The molecule has 4 nitrogen and oxygen atoms in total. The summed E-state index contributed by atoms with van der Waals surface area (Å²) in [6.45, 7) is 5.26. The second kappa shape index (κ2) is 6.25. The minimum Gasteiger partial charge on any atom is -0.507 e. The lowest BCUT2D eigenvalue weighted by Crippen LogP contribution is -2.32. The molecular formula is C13H20N2O2. The van der Waals surface area contributed by atoms with Crippen LogP contribution in [-0.4, -0.2) is 31.2 Å². The number of carbonyl (C=O) groups is 1. The van der Waals surface area contributed by atoms with Crippen LogP contribution < -0.4 is 10.6 Å². The molecule has 0 spiro atoms. The molecule has 0 radical (unpaired) electrons. The molecule has 0 fully saturated rings. The molecule has 3 N–H and O–H groups in total. The number of carbonyl (C=O) groups excluding carboxylic acids is 1. The Labute approximate surface area is 102 Å². The average Bonchev–Trinajstić information content (AvgIpc) is 2.30. The second-order valence-electron chi connectivity index (χ2n) is 4.34. The Morgan fingerprint density at radius 2 is 2.12 bits per heavy atom. The number of rotatable bonds is 5. The van der Waals surface area contributed by atoms with Crippen molar-refractivity contribution in [3.05, 3.63) is 29.3 Å². The van der Waals surface area contributed by atoms with E-state index in [1.54, 1.807) is 25.1 Å². The molecule has 0 saturated carbocycles. The Bertz CT molecular complexity index is 391. The maximum Gasteiger partial charge on any atom is 0.255 e. The van der Waals surface area contributed by atoms with Gasteiger partial charge in [-0.3, -0.25) is 4.79 Å². The molecule has 1 unspecified atom stereocenters. The van der Waals surface area contributed by atoms with E-state index in [-0.39, 0.29) is 11.7 Å². The number of phenols is 1. The van der Waals surface area contributed by atoms with Gasteiger partial charge in [0.25, 0.3) is 5.91 Å². The van der Waals surface area contributed by atoms with Crippen LogP contribution in [0.1, 0.15) is 22.8 Å². The Kier molecular flexibility index (Phi) is 4.97. The molecule has 0 saturated heterocycles. The minimum atomic E-state index is -0.228. The number of aromatic hydroxyl groups is 1. The number of benzene rings is 1. The van der Waals surface area contributed by atoms with Crippen LogP contribution in [-0.2, 0) is 0 Å². The van der Waals surface area contributed by atoms with Crippen LogP contribution in [0.2, 0.25) is 0 Å². The van der Waals surface area contributed by atoms with Gasteiger partial charge in [0.2, 0.25) is 0 Å². The SMILES string of the molecule is CNCC(C)CNC(=O)c1cccc(C)c1O. The van der Waals surface area contributed by atoms with Crippen LogP contribution in [0.4, 0.5) is 0 Å². The lowest BCUT2D eigenvalue weighted by Gasteiger charge is -2.13. The monoisotopic (exact) mass is 236 g/mol. The molecule has 1 aromatic carbocycles. The van der Waals surface area contributed by atoms with Gasteiger partial charge in [-0.1, -0.05) is 19.1 Å². The standard InChI is InChI=1S/C13H20N2O2/c1-9(7-14-3)8-15-13(17)11-6-4-5-10(2)12(11)16/h4-6,9,14,16H,7-8H2,1-3H3,(H,15,17). The fraction of sp³-hybridized carbons (Fsp3) is 0.462. The van der Waals surface area contributed by atoms with Crippen molar-refractivity contribution in [1.82, 2.24) is 10.6 Å². The van der Waals surface area contributed by atoms with Gasteiger partial charge in [-0.25, -0.2) is 0 Å². The van der Waals surface area contributed by atoms with Gasteiger partial charge >= 0.3 is 0 Å². The van der Waals surface area contributed by atoms with E-state index in [0.717, 1.165) is 6.54 Å². The predicted molar refractivity (Wildman–Crippen MR) is 68.3 cm³/mol. The van der Waals surface area contributed by atoms with E-state index in [9.17, 15) is 9.90 Å². The van der Waals surface area contributed by atoms with E-state index in [1.165, 1.54) is 0 Å². The molecule has 1 rings (SSSR count). The van der Waals surface area contributed by atoms with Crippen LogP contribution >= 0.6 is 0 Å². The number of amides is 1. The third kappa shape index (κ3) is 3.75. The molecule has 0 aliphatic carbocycles. The summed E-state index contributed by atoms with van der Waals surface area (Å²) in [5.74, 6) is 0.191. The summed E-state index contributed by atoms with van der Waals surface area (Å²) in [7, 11) is 1.88. The third-order valence-corrected chi connectivity index (χ3v) is 2.65. The van der Waals surface area contributed by atoms with E-state index in [2.05, 4.69) is 10.6 Å². The van der Waals surface area contributed by atoms with Crippen LogP contribution in [0.25, 0.3) is 0 Å². The highest BCUT2D eigenvalue weighted by Crippen LogP contribution is 2.20. The normalized spacial score (nSPS) is 12.2. The molecule has 0 heterocycles. The van der Waals surface area contributed by atoms with Gasteiger partial charge in [0.05, 0.1) is 5.56 Å². The van der Waals surface area contributed by atoms with E-state index in [1.807, 2.05) is 14.0 Å². The maximum atomic E-state index is 11.8. The highest BCUT2D eigenvalue weighted by Gasteiger charge is 2.12. The first-order valence-electron chi connectivity index (χ1n) is 5.77. The van der Waals surface area contributed by atoms with E-state index < -0.39 is 0 Å². The van der Waals surface area contributed by atoms with Crippen molar-refractivity contribution in [3.8, 4) is 5.75 Å². The molecule has 0 bridgehead atoms. The van der Waals surface area contributed by atoms with Gasteiger partial charge in [0.15, 0.2) is 0 Å². The molecule has 94 valence electrons. The molecule has 1 amide bonds. The number of phenolic OH excluding ortho intramolecular Hbond substituents is 1. The van der Waals surface area contributed by atoms with Crippen LogP contribution in [0.3, 0.4) is 0 Å². The zero-order chi connectivity index (χ0) is 12.8. The summed E-state index contributed by atoms with van der Waals surface area (Å²) in [6, 6.07) is 5.16. The highest BCUT2D eigenvalue weighted by atomic mass is 16.3. The van der Waals surface area contributed by atoms with Gasteiger partial charge < -0.3 is 15.7 Å². The van der Waals surface area contributed by atoms with Crippen molar-refractivity contribution in [2.75, 3.05) is 20.1 Å². The number of hydrogen-bond donors (Lipinski definition) is 3. The molecule has 1 atom stereocenters. The fourth-order valence-electron chi connectivity index (χ4n) is 1.62. The predicted octanol–water partition coefficient (Wildman–Crippen LogP) is 1.29. The number of nitrogens with one attached hydrogen (secondary N) is 2. The Morgan fingerprint density at radius 1 is 1.41 bits per heavy atom. The number of hydrogen-bond acceptors (Lipinski definition) is 3. The molecule has 1 aromatic rings. The minimum absolute atomic E-state index is 0.0614. The van der Waals surface area contributed by atoms with Crippen molar-refractivity contribution in [2.45, 2.75) is 13.8 Å². The molecule has 0 aliphatic heterocycles. The van der Waals surface area contributed by atoms with E-state index >= 15 is 0 Å². The van der Waals surface area contributed by atoms with Crippen LogP contribution in [0.5, 0.6) is 5.75 Å². The van der Waals surface area contributed by atoms with Gasteiger partial charge in [-0.2, -0.15) is 0 Å². The maximum absolute atomic E-state index is 11.8. The quantitative estimate of drug-likeness (QED) is 0.722. The van der Waals surface area contributed by atoms with Crippen molar-refractivity contribution >= 4 is 5.91 Å². The lowest BCUT2D eigenvalue weighted by atomic mass is 10.1. The van der Waals surface area contributed by atoms with Crippen LogP contribution in [0, 0.1) is 12.8 Å². The van der Waals surface area contributed by atoms with Crippen LogP contribution in [0.15, 0.2) is 18.2 Å². The zero-order valence-electron chi connectivity index (χ0n) is 10.6.